The highest BCUT2D eigenvalue weighted by Gasteiger charge is 2.51. The van der Waals surface area contributed by atoms with Crippen LogP contribution in [-0.4, -0.2) is 6.43 Å². The Morgan fingerprint density at radius 2 is 1.88 bits per heavy atom. The predicted molar refractivity (Wildman–Crippen MR) is 27.6 cm³/mol. The molecule has 2 heteroatoms. The first-order valence-corrected chi connectivity index (χ1v) is 2.68. The standard InChI is InChI=1S/C6H9F2/c1-6(2)3-4(6)5(7)8/h3-5H,1-2H3. The van der Waals surface area contributed by atoms with Crippen LogP contribution in [0, 0.1) is 17.8 Å². The Hall–Kier alpha value is -0.140. The van der Waals surface area contributed by atoms with Gasteiger partial charge in [0.2, 0.25) is 6.43 Å². The van der Waals surface area contributed by atoms with Crippen molar-refractivity contribution in [2.24, 2.45) is 11.3 Å². The molecule has 0 aromatic carbocycles. The number of halogens is 2. The molecule has 0 amide bonds. The third-order valence-corrected chi connectivity index (χ3v) is 1.63. The minimum atomic E-state index is -2.15. The molecule has 0 aliphatic heterocycles. The molecule has 1 saturated carbocycles. The van der Waals surface area contributed by atoms with Gasteiger partial charge in [-0.05, 0) is 11.8 Å². The topological polar surface area (TPSA) is 0 Å². The summed E-state index contributed by atoms with van der Waals surface area (Å²) in [6.07, 6.45) is -0.470. The zero-order chi connectivity index (χ0) is 6.36. The van der Waals surface area contributed by atoms with Crippen molar-refractivity contribution in [1.82, 2.24) is 0 Å². The lowest BCUT2D eigenvalue weighted by atomic mass is 10.1. The van der Waals surface area contributed by atoms with Crippen molar-refractivity contribution in [3.63, 3.8) is 0 Å². The molecular formula is C6H9F2. The summed E-state index contributed by atoms with van der Waals surface area (Å²) in [5.41, 5.74) is -0.186. The summed E-state index contributed by atoms with van der Waals surface area (Å²) in [7, 11) is 0. The van der Waals surface area contributed by atoms with Crippen molar-refractivity contribution in [3.8, 4) is 0 Å². The van der Waals surface area contributed by atoms with Gasteiger partial charge in [-0.15, -0.1) is 0 Å². The van der Waals surface area contributed by atoms with Crippen LogP contribution in [0.3, 0.4) is 0 Å². The molecule has 1 unspecified atom stereocenters. The summed E-state index contributed by atoms with van der Waals surface area (Å²) in [4.78, 5) is 0. The van der Waals surface area contributed by atoms with Gasteiger partial charge in [-0.25, -0.2) is 8.78 Å². The van der Waals surface area contributed by atoms with Crippen LogP contribution in [0.15, 0.2) is 0 Å². The molecule has 1 aliphatic rings. The SMILES string of the molecule is CC1(C)[CH]C1C(F)F. The molecule has 0 bridgehead atoms. The van der Waals surface area contributed by atoms with Crippen LogP contribution in [-0.2, 0) is 0 Å². The maximum absolute atomic E-state index is 11.7. The first-order valence-electron chi connectivity index (χ1n) is 2.68. The molecule has 47 valence electrons. The lowest BCUT2D eigenvalue weighted by Crippen LogP contribution is -1.99. The molecule has 0 N–H and O–H groups in total. The zero-order valence-electron chi connectivity index (χ0n) is 4.99. The van der Waals surface area contributed by atoms with Crippen molar-refractivity contribution >= 4 is 0 Å². The van der Waals surface area contributed by atoms with E-state index in [0.29, 0.717) is 0 Å². The summed E-state index contributed by atoms with van der Waals surface area (Å²) in [6.45, 7) is 3.65. The molecule has 0 aromatic rings. The molecule has 0 nitrogen and oxygen atoms in total. The summed E-state index contributed by atoms with van der Waals surface area (Å²) >= 11 is 0. The Kier molecular flexibility index (Phi) is 1.07. The van der Waals surface area contributed by atoms with Gasteiger partial charge in [0.05, 0.1) is 0 Å². The van der Waals surface area contributed by atoms with Crippen LogP contribution in [0.5, 0.6) is 0 Å². The van der Waals surface area contributed by atoms with Gasteiger partial charge in [-0.3, -0.25) is 0 Å². The van der Waals surface area contributed by atoms with Gasteiger partial charge in [0, 0.05) is 5.92 Å². The molecule has 0 aromatic heterocycles. The van der Waals surface area contributed by atoms with Crippen molar-refractivity contribution in [3.05, 3.63) is 6.42 Å². The van der Waals surface area contributed by atoms with Gasteiger partial charge in [0.25, 0.3) is 0 Å². The number of hydrogen-bond donors (Lipinski definition) is 0. The molecule has 8 heavy (non-hydrogen) atoms. The van der Waals surface area contributed by atoms with Crippen LogP contribution >= 0.6 is 0 Å². The summed E-state index contributed by atoms with van der Waals surface area (Å²) < 4.78 is 23.4. The van der Waals surface area contributed by atoms with E-state index in [4.69, 9.17) is 0 Å². The lowest BCUT2D eigenvalue weighted by molar-refractivity contribution is 0.110. The average molecular weight is 119 g/mol. The Labute approximate surface area is 47.9 Å². The number of rotatable bonds is 1. The first-order chi connectivity index (χ1) is 3.54. The summed E-state index contributed by atoms with van der Waals surface area (Å²) in [5, 5.41) is 0. The quantitative estimate of drug-likeness (QED) is 0.496. The monoisotopic (exact) mass is 119 g/mol. The fourth-order valence-corrected chi connectivity index (χ4v) is 0.812. The average Bonchev–Trinajstić information content (AvgIpc) is 2.13. The molecule has 1 rings (SSSR count). The third-order valence-electron chi connectivity index (χ3n) is 1.63. The van der Waals surface area contributed by atoms with Crippen molar-refractivity contribution in [2.45, 2.75) is 20.3 Å². The van der Waals surface area contributed by atoms with Crippen molar-refractivity contribution in [1.29, 1.82) is 0 Å². The summed E-state index contributed by atoms with van der Waals surface area (Å²) in [5.74, 6) is -0.442. The van der Waals surface area contributed by atoms with E-state index in [2.05, 4.69) is 0 Å². The Morgan fingerprint density at radius 1 is 1.50 bits per heavy atom. The van der Waals surface area contributed by atoms with Gasteiger partial charge in [0.15, 0.2) is 0 Å². The minimum absolute atomic E-state index is 0.186. The van der Waals surface area contributed by atoms with Crippen LogP contribution < -0.4 is 0 Å². The zero-order valence-corrected chi connectivity index (χ0v) is 4.99. The molecule has 1 atom stereocenters. The second-order valence-corrected chi connectivity index (χ2v) is 2.85. The van der Waals surface area contributed by atoms with E-state index in [0.717, 1.165) is 0 Å². The largest absolute Gasteiger partial charge is 0.242 e. The van der Waals surface area contributed by atoms with Crippen LogP contribution in [0.4, 0.5) is 8.78 Å². The van der Waals surface area contributed by atoms with Crippen LogP contribution in [0.1, 0.15) is 13.8 Å². The highest BCUT2D eigenvalue weighted by Crippen LogP contribution is 2.53. The Morgan fingerprint density at radius 3 is 1.88 bits per heavy atom. The first kappa shape index (κ1) is 5.99. The highest BCUT2D eigenvalue weighted by molar-refractivity contribution is 5.14. The normalized spacial score (nSPS) is 33.4. The fourth-order valence-electron chi connectivity index (χ4n) is 0.812. The maximum Gasteiger partial charge on any atom is 0.242 e. The van der Waals surface area contributed by atoms with E-state index in [1.807, 2.05) is 13.8 Å². The second-order valence-electron chi connectivity index (χ2n) is 2.85. The van der Waals surface area contributed by atoms with Gasteiger partial charge in [-0.2, -0.15) is 0 Å². The lowest BCUT2D eigenvalue weighted by Gasteiger charge is -1.98. The van der Waals surface area contributed by atoms with Crippen molar-refractivity contribution < 1.29 is 8.78 Å². The van der Waals surface area contributed by atoms with E-state index in [1.54, 1.807) is 6.42 Å². The molecule has 1 radical (unpaired) electrons. The van der Waals surface area contributed by atoms with E-state index in [1.165, 1.54) is 0 Å². The highest BCUT2D eigenvalue weighted by atomic mass is 19.3. The minimum Gasteiger partial charge on any atom is -0.210 e. The van der Waals surface area contributed by atoms with Gasteiger partial charge >= 0.3 is 0 Å². The van der Waals surface area contributed by atoms with E-state index >= 15 is 0 Å². The van der Waals surface area contributed by atoms with E-state index < -0.39 is 12.3 Å². The van der Waals surface area contributed by atoms with Gasteiger partial charge in [0.1, 0.15) is 0 Å². The molecule has 0 spiro atoms. The third kappa shape index (κ3) is 0.837. The molecular weight excluding hydrogens is 110 g/mol. The molecule has 0 saturated heterocycles. The van der Waals surface area contributed by atoms with Crippen LogP contribution in [0.25, 0.3) is 0 Å². The van der Waals surface area contributed by atoms with Crippen LogP contribution in [0.2, 0.25) is 0 Å². The van der Waals surface area contributed by atoms with E-state index in [-0.39, 0.29) is 5.41 Å². The van der Waals surface area contributed by atoms with Crippen molar-refractivity contribution in [2.75, 3.05) is 0 Å². The number of hydrogen-bond acceptors (Lipinski definition) is 0. The van der Waals surface area contributed by atoms with Gasteiger partial charge in [-0.1, -0.05) is 13.8 Å². The smallest absolute Gasteiger partial charge is 0.210 e. The second kappa shape index (κ2) is 1.42. The van der Waals surface area contributed by atoms with Gasteiger partial charge < -0.3 is 0 Å². The maximum atomic E-state index is 11.7. The number of alkyl halides is 2. The molecule has 1 fully saturated rings. The Balaban J connectivity index is 2.37. The Bertz CT molecular complexity index is 96.7. The fraction of sp³-hybridized carbons (Fsp3) is 0.833. The molecule has 1 aliphatic carbocycles. The molecule has 0 heterocycles. The predicted octanol–water partition coefficient (Wildman–Crippen LogP) is 2.11. The van der Waals surface area contributed by atoms with E-state index in [9.17, 15) is 8.78 Å². The summed E-state index contributed by atoms with van der Waals surface area (Å²) in [6, 6.07) is 0.